The van der Waals surface area contributed by atoms with Gasteiger partial charge in [-0.25, -0.2) is 0 Å². The van der Waals surface area contributed by atoms with Crippen LogP contribution in [0.15, 0.2) is 24.3 Å². The molecular formula is C14H23NO2. The number of unbranched alkanes of at least 4 members (excludes halogenated alkanes) is 1. The summed E-state index contributed by atoms with van der Waals surface area (Å²) in [6.07, 6.45) is 1.69. The van der Waals surface area contributed by atoms with Gasteiger partial charge in [0, 0.05) is 24.8 Å². The molecule has 0 unspecified atom stereocenters. The topological polar surface area (TPSA) is 41.5 Å². The van der Waals surface area contributed by atoms with Gasteiger partial charge in [0.15, 0.2) is 0 Å². The second-order valence-corrected chi connectivity index (χ2v) is 4.42. The van der Waals surface area contributed by atoms with Crippen molar-refractivity contribution >= 4 is 0 Å². The van der Waals surface area contributed by atoms with E-state index in [4.69, 9.17) is 9.84 Å². The highest BCUT2D eigenvalue weighted by molar-refractivity contribution is 5.33. The van der Waals surface area contributed by atoms with Crippen molar-refractivity contribution in [2.24, 2.45) is 0 Å². The fourth-order valence-corrected chi connectivity index (χ4v) is 1.50. The molecule has 3 nitrogen and oxygen atoms in total. The molecule has 0 saturated heterocycles. The summed E-state index contributed by atoms with van der Waals surface area (Å²) >= 11 is 0. The highest BCUT2D eigenvalue weighted by Crippen LogP contribution is 2.18. The molecule has 0 amide bonds. The third kappa shape index (κ3) is 5.71. The molecular weight excluding hydrogens is 214 g/mol. The van der Waals surface area contributed by atoms with Gasteiger partial charge in [0.1, 0.15) is 5.75 Å². The lowest BCUT2D eigenvalue weighted by Crippen LogP contribution is -2.22. The number of aliphatic hydroxyl groups is 1. The van der Waals surface area contributed by atoms with Gasteiger partial charge in [0.25, 0.3) is 0 Å². The van der Waals surface area contributed by atoms with E-state index in [9.17, 15) is 0 Å². The van der Waals surface area contributed by atoms with Crippen LogP contribution in [0.3, 0.4) is 0 Å². The van der Waals surface area contributed by atoms with Crippen LogP contribution in [0.4, 0.5) is 0 Å². The molecule has 2 N–H and O–H groups in total. The highest BCUT2D eigenvalue weighted by atomic mass is 16.5. The minimum atomic E-state index is 0.236. The number of rotatable bonds is 8. The second kappa shape index (κ2) is 8.09. The molecule has 0 bridgehead atoms. The molecule has 1 aromatic rings. The van der Waals surface area contributed by atoms with Gasteiger partial charge in [-0.05, 0) is 18.9 Å². The summed E-state index contributed by atoms with van der Waals surface area (Å²) in [6, 6.07) is 8.56. The molecule has 0 aliphatic carbocycles. The molecule has 0 radical (unpaired) electrons. The maximum Gasteiger partial charge on any atom is 0.123 e. The molecule has 0 spiro atoms. The van der Waals surface area contributed by atoms with Crippen LogP contribution in [-0.2, 0) is 6.54 Å². The first-order chi connectivity index (χ1) is 8.24. The molecule has 96 valence electrons. The Labute approximate surface area is 104 Å². The van der Waals surface area contributed by atoms with E-state index in [1.54, 1.807) is 0 Å². The fourth-order valence-electron chi connectivity index (χ4n) is 1.50. The van der Waals surface area contributed by atoms with Crippen LogP contribution in [0, 0.1) is 0 Å². The van der Waals surface area contributed by atoms with Crippen LogP contribution in [0.25, 0.3) is 0 Å². The van der Waals surface area contributed by atoms with Gasteiger partial charge in [0.2, 0.25) is 0 Å². The summed E-state index contributed by atoms with van der Waals surface area (Å²) in [7, 11) is 0. The van der Waals surface area contributed by atoms with Crippen molar-refractivity contribution in [2.75, 3.05) is 13.2 Å². The summed E-state index contributed by atoms with van der Waals surface area (Å²) in [5.74, 6) is 0.943. The second-order valence-electron chi connectivity index (χ2n) is 4.42. The number of para-hydroxylation sites is 1. The maximum absolute atomic E-state index is 8.70. The number of hydrogen-bond donors (Lipinski definition) is 2. The van der Waals surface area contributed by atoms with Gasteiger partial charge >= 0.3 is 0 Å². The van der Waals surface area contributed by atoms with E-state index in [-0.39, 0.29) is 6.61 Å². The van der Waals surface area contributed by atoms with Crippen molar-refractivity contribution in [2.45, 2.75) is 39.3 Å². The molecule has 1 aromatic carbocycles. The van der Waals surface area contributed by atoms with Crippen molar-refractivity contribution in [1.29, 1.82) is 0 Å². The first-order valence-electron chi connectivity index (χ1n) is 6.29. The fraction of sp³-hybridized carbons (Fsp3) is 0.571. The normalized spacial score (nSPS) is 10.8. The first kappa shape index (κ1) is 14.0. The number of benzene rings is 1. The zero-order valence-corrected chi connectivity index (χ0v) is 10.8. The molecule has 0 aliphatic rings. The van der Waals surface area contributed by atoms with E-state index in [1.807, 2.05) is 18.2 Å². The Bertz CT molecular complexity index is 313. The lowest BCUT2D eigenvalue weighted by Gasteiger charge is -2.13. The Balaban J connectivity index is 2.46. The molecule has 0 aromatic heterocycles. The Morgan fingerprint density at radius 3 is 2.71 bits per heavy atom. The van der Waals surface area contributed by atoms with E-state index in [2.05, 4.69) is 25.2 Å². The summed E-state index contributed by atoms with van der Waals surface area (Å²) in [4.78, 5) is 0. The Morgan fingerprint density at radius 2 is 2.00 bits per heavy atom. The maximum atomic E-state index is 8.70. The molecule has 0 atom stereocenters. The predicted molar refractivity (Wildman–Crippen MR) is 70.2 cm³/mol. The van der Waals surface area contributed by atoms with Crippen molar-refractivity contribution in [3.8, 4) is 5.75 Å². The Hall–Kier alpha value is -1.06. The summed E-state index contributed by atoms with van der Waals surface area (Å²) in [5, 5.41) is 12.1. The summed E-state index contributed by atoms with van der Waals surface area (Å²) in [5.41, 5.74) is 1.19. The van der Waals surface area contributed by atoms with E-state index in [0.29, 0.717) is 12.6 Å². The lowest BCUT2D eigenvalue weighted by atomic mass is 10.2. The Kier molecular flexibility index (Phi) is 6.67. The number of nitrogens with one attached hydrogen (secondary N) is 1. The monoisotopic (exact) mass is 237 g/mol. The zero-order chi connectivity index (χ0) is 12.5. The minimum Gasteiger partial charge on any atom is -0.493 e. The van der Waals surface area contributed by atoms with Crippen molar-refractivity contribution in [3.63, 3.8) is 0 Å². The van der Waals surface area contributed by atoms with Crippen LogP contribution >= 0.6 is 0 Å². The summed E-state index contributed by atoms with van der Waals surface area (Å²) < 4.78 is 5.72. The molecule has 0 aliphatic heterocycles. The van der Waals surface area contributed by atoms with Gasteiger partial charge < -0.3 is 15.2 Å². The minimum absolute atomic E-state index is 0.236. The van der Waals surface area contributed by atoms with E-state index in [0.717, 1.165) is 25.1 Å². The quantitative estimate of drug-likeness (QED) is 0.682. The van der Waals surface area contributed by atoms with Crippen LogP contribution in [0.1, 0.15) is 32.3 Å². The molecule has 17 heavy (non-hydrogen) atoms. The Morgan fingerprint density at radius 1 is 1.24 bits per heavy atom. The van der Waals surface area contributed by atoms with Crippen LogP contribution in [0.2, 0.25) is 0 Å². The zero-order valence-electron chi connectivity index (χ0n) is 10.8. The highest BCUT2D eigenvalue weighted by Gasteiger charge is 2.03. The lowest BCUT2D eigenvalue weighted by molar-refractivity contribution is 0.252. The van der Waals surface area contributed by atoms with Crippen LogP contribution in [0.5, 0.6) is 5.75 Å². The number of aliphatic hydroxyl groups excluding tert-OH is 1. The standard InChI is InChI=1S/C14H23NO2/c1-12(2)15-11-13-7-3-4-8-14(13)17-10-6-5-9-16/h3-4,7-8,12,15-16H,5-6,9-11H2,1-2H3. The van der Waals surface area contributed by atoms with Crippen molar-refractivity contribution < 1.29 is 9.84 Å². The van der Waals surface area contributed by atoms with Crippen molar-refractivity contribution in [3.05, 3.63) is 29.8 Å². The summed E-state index contributed by atoms with van der Waals surface area (Å²) in [6.45, 7) is 5.99. The predicted octanol–water partition coefficient (Wildman–Crippen LogP) is 2.34. The van der Waals surface area contributed by atoms with Crippen LogP contribution in [-0.4, -0.2) is 24.4 Å². The van der Waals surface area contributed by atoms with Crippen molar-refractivity contribution in [1.82, 2.24) is 5.32 Å². The largest absolute Gasteiger partial charge is 0.493 e. The average molecular weight is 237 g/mol. The number of ether oxygens (including phenoxy) is 1. The van der Waals surface area contributed by atoms with Crippen LogP contribution < -0.4 is 10.1 Å². The molecule has 3 heteroatoms. The molecule has 0 fully saturated rings. The van der Waals surface area contributed by atoms with E-state index < -0.39 is 0 Å². The average Bonchev–Trinajstić information content (AvgIpc) is 2.33. The van der Waals surface area contributed by atoms with Gasteiger partial charge in [0.05, 0.1) is 6.61 Å². The first-order valence-corrected chi connectivity index (χ1v) is 6.29. The van der Waals surface area contributed by atoms with Gasteiger partial charge in [-0.1, -0.05) is 32.0 Å². The van der Waals surface area contributed by atoms with Gasteiger partial charge in [-0.3, -0.25) is 0 Å². The van der Waals surface area contributed by atoms with Gasteiger partial charge in [-0.2, -0.15) is 0 Å². The molecule has 0 saturated carbocycles. The van der Waals surface area contributed by atoms with Gasteiger partial charge in [-0.15, -0.1) is 0 Å². The SMILES string of the molecule is CC(C)NCc1ccccc1OCCCCO. The van der Waals surface area contributed by atoms with E-state index >= 15 is 0 Å². The molecule has 0 heterocycles. The molecule has 1 rings (SSSR count). The number of hydrogen-bond acceptors (Lipinski definition) is 3. The third-order valence-electron chi connectivity index (χ3n) is 2.48. The third-order valence-corrected chi connectivity index (χ3v) is 2.48. The smallest absolute Gasteiger partial charge is 0.123 e. The van der Waals surface area contributed by atoms with E-state index in [1.165, 1.54) is 5.56 Å².